The summed E-state index contributed by atoms with van der Waals surface area (Å²) in [5, 5.41) is 17.6. The van der Waals surface area contributed by atoms with Crippen LogP contribution in [-0.4, -0.2) is 79.6 Å². The Balaban J connectivity index is 1.22. The molecule has 3 N–H and O–H groups in total. The predicted molar refractivity (Wildman–Crippen MR) is 166 cm³/mol. The van der Waals surface area contributed by atoms with Gasteiger partial charge in [-0.25, -0.2) is 19.3 Å². The predicted octanol–water partition coefficient (Wildman–Crippen LogP) is 3.01. The van der Waals surface area contributed by atoms with Crippen LogP contribution in [0.25, 0.3) is 16.9 Å². The van der Waals surface area contributed by atoms with Gasteiger partial charge in [0.25, 0.3) is 5.56 Å². The highest BCUT2D eigenvalue weighted by molar-refractivity contribution is 5.77. The Morgan fingerprint density at radius 3 is 2.50 bits per heavy atom. The quantitative estimate of drug-likeness (QED) is 0.275. The van der Waals surface area contributed by atoms with Crippen molar-refractivity contribution < 1.29 is 5.11 Å². The van der Waals surface area contributed by atoms with Crippen molar-refractivity contribution in [2.75, 3.05) is 49.5 Å². The number of aliphatic hydroxyl groups is 1. The highest BCUT2D eigenvalue weighted by Gasteiger charge is 2.26. The van der Waals surface area contributed by atoms with Crippen molar-refractivity contribution in [3.8, 4) is 5.82 Å². The van der Waals surface area contributed by atoms with E-state index in [1.54, 1.807) is 49.0 Å². The molecular weight excluding hydrogens is 530 g/mol. The second kappa shape index (κ2) is 11.7. The average Bonchev–Trinajstić information content (AvgIpc) is 3.28. The maximum absolute atomic E-state index is 13.3. The molecule has 11 heteroatoms. The lowest BCUT2D eigenvalue weighted by Gasteiger charge is -2.41. The molecule has 2 saturated heterocycles. The van der Waals surface area contributed by atoms with Gasteiger partial charge in [-0.15, -0.1) is 6.58 Å². The number of aromatic nitrogens is 5. The molecule has 0 radical (unpaired) electrons. The molecule has 6 rings (SSSR count). The number of anilines is 3. The van der Waals surface area contributed by atoms with E-state index in [4.69, 9.17) is 4.98 Å². The molecule has 11 nitrogen and oxygen atoms in total. The summed E-state index contributed by atoms with van der Waals surface area (Å²) in [4.78, 5) is 32.2. The molecule has 2 aliphatic heterocycles. The van der Waals surface area contributed by atoms with Crippen molar-refractivity contribution >= 4 is 28.4 Å². The minimum atomic E-state index is -1.14. The van der Waals surface area contributed by atoms with Crippen LogP contribution in [-0.2, 0) is 12.1 Å². The zero-order valence-corrected chi connectivity index (χ0v) is 24.3. The lowest BCUT2D eigenvalue weighted by molar-refractivity contribution is 0.0738. The van der Waals surface area contributed by atoms with E-state index in [2.05, 4.69) is 49.1 Å². The number of piperazine rings is 1. The van der Waals surface area contributed by atoms with Gasteiger partial charge >= 0.3 is 0 Å². The van der Waals surface area contributed by atoms with Crippen molar-refractivity contribution in [3.63, 3.8) is 0 Å². The number of piperidine rings is 1. The second-order valence-electron chi connectivity index (χ2n) is 11.5. The third-order valence-corrected chi connectivity index (χ3v) is 8.18. The lowest BCUT2D eigenvalue weighted by Crippen LogP contribution is -2.52. The van der Waals surface area contributed by atoms with E-state index in [1.807, 2.05) is 12.1 Å². The van der Waals surface area contributed by atoms with Crippen LogP contribution in [0.5, 0.6) is 0 Å². The first-order valence-corrected chi connectivity index (χ1v) is 14.7. The molecular formula is C31H39N9O2. The van der Waals surface area contributed by atoms with Crippen molar-refractivity contribution in [1.82, 2.24) is 34.5 Å². The van der Waals surface area contributed by atoms with Gasteiger partial charge < -0.3 is 20.6 Å². The van der Waals surface area contributed by atoms with Gasteiger partial charge in [0.05, 0.1) is 12.2 Å². The fourth-order valence-corrected chi connectivity index (χ4v) is 5.91. The molecule has 220 valence electrons. The van der Waals surface area contributed by atoms with Gasteiger partial charge in [-0.05, 0) is 63.1 Å². The van der Waals surface area contributed by atoms with Crippen LogP contribution in [0.3, 0.4) is 0 Å². The number of benzene rings is 1. The number of nitrogens with one attached hydrogen (secondary N) is 2. The number of nitrogens with zero attached hydrogens (tertiary/aromatic N) is 7. The van der Waals surface area contributed by atoms with E-state index in [0.717, 1.165) is 45.0 Å². The lowest BCUT2D eigenvalue weighted by atomic mass is 10.0. The van der Waals surface area contributed by atoms with Crippen molar-refractivity contribution in [1.29, 1.82) is 0 Å². The van der Waals surface area contributed by atoms with Crippen LogP contribution < -0.4 is 21.1 Å². The molecule has 0 spiro atoms. The molecule has 42 heavy (non-hydrogen) atoms. The van der Waals surface area contributed by atoms with Crippen LogP contribution in [0.2, 0.25) is 0 Å². The molecule has 0 aliphatic carbocycles. The smallest absolute Gasteiger partial charge is 0.278 e. The van der Waals surface area contributed by atoms with Gasteiger partial charge in [-0.2, -0.15) is 4.98 Å². The van der Waals surface area contributed by atoms with Gasteiger partial charge in [-0.1, -0.05) is 12.1 Å². The number of hydrogen-bond donors (Lipinski definition) is 3. The molecule has 0 saturated carbocycles. The van der Waals surface area contributed by atoms with Crippen LogP contribution >= 0.6 is 0 Å². The van der Waals surface area contributed by atoms with Gasteiger partial charge in [-0.3, -0.25) is 9.69 Å². The van der Waals surface area contributed by atoms with E-state index in [1.165, 1.54) is 23.2 Å². The van der Waals surface area contributed by atoms with E-state index in [0.29, 0.717) is 34.5 Å². The second-order valence-corrected chi connectivity index (χ2v) is 11.5. The molecule has 3 aromatic heterocycles. The Morgan fingerprint density at radius 2 is 1.81 bits per heavy atom. The summed E-state index contributed by atoms with van der Waals surface area (Å²) >= 11 is 0. The van der Waals surface area contributed by atoms with Crippen LogP contribution in [0.4, 0.5) is 17.3 Å². The number of fused-ring (bicyclic) bond motifs is 1. The highest BCUT2D eigenvalue weighted by Crippen LogP contribution is 2.26. The Morgan fingerprint density at radius 1 is 1.07 bits per heavy atom. The summed E-state index contributed by atoms with van der Waals surface area (Å²) in [6.07, 6.45) is 5.57. The third kappa shape index (κ3) is 5.67. The minimum absolute atomic E-state index is 0.239. The first-order chi connectivity index (χ1) is 20.3. The number of hydrogen-bond acceptors (Lipinski definition) is 9. The fourth-order valence-electron chi connectivity index (χ4n) is 5.91. The summed E-state index contributed by atoms with van der Waals surface area (Å²) in [7, 11) is 0. The monoisotopic (exact) mass is 569 g/mol. The van der Waals surface area contributed by atoms with Crippen LogP contribution in [0.15, 0.2) is 66.1 Å². The average molecular weight is 570 g/mol. The Labute approximate surface area is 245 Å². The highest BCUT2D eigenvalue weighted by atomic mass is 16.3. The third-order valence-electron chi connectivity index (χ3n) is 8.18. The van der Waals surface area contributed by atoms with E-state index in [-0.39, 0.29) is 12.1 Å². The summed E-state index contributed by atoms with van der Waals surface area (Å²) in [6, 6.07) is 14.4. The zero-order valence-electron chi connectivity index (χ0n) is 24.3. The number of pyridine rings is 1. The van der Waals surface area contributed by atoms with Crippen molar-refractivity contribution in [3.05, 3.63) is 77.4 Å². The fraction of sp³-hybridized carbons (Fsp3) is 0.419. The first kappa shape index (κ1) is 28.1. The normalized spacial score (nSPS) is 17.1. The molecule has 2 aliphatic rings. The maximum Gasteiger partial charge on any atom is 0.278 e. The number of rotatable bonds is 8. The Hall–Kier alpha value is -4.06. The summed E-state index contributed by atoms with van der Waals surface area (Å²) in [5.41, 5.74) is 1.59. The van der Waals surface area contributed by atoms with Crippen LogP contribution in [0, 0.1) is 0 Å². The molecule has 2 fully saturated rings. The first-order valence-electron chi connectivity index (χ1n) is 14.7. The molecule has 0 atom stereocenters. The van der Waals surface area contributed by atoms with E-state index >= 15 is 0 Å². The van der Waals surface area contributed by atoms with Crippen molar-refractivity contribution in [2.24, 2.45) is 0 Å². The van der Waals surface area contributed by atoms with Gasteiger partial charge in [0.2, 0.25) is 5.95 Å². The summed E-state index contributed by atoms with van der Waals surface area (Å²) in [5.74, 6) is 0.841. The molecule has 5 heterocycles. The zero-order chi connectivity index (χ0) is 29.3. The topological polar surface area (TPSA) is 116 Å². The van der Waals surface area contributed by atoms with E-state index < -0.39 is 5.60 Å². The SMILES string of the molecule is C=CCn1c(=O)c2cnc(Nc3ccc(N4CCC(N5CCNCC5)CC4)cc3)nc2n1-c1cccc(C(C)(C)O)n1. The Kier molecular flexibility index (Phi) is 7.80. The standard InChI is InChI=1S/C31H39N9O2/c1-4-16-39-29(41)25-21-33-30(36-28(25)40(39)27-7-5-6-26(35-27)31(2,3)42)34-22-8-10-23(11-9-22)37-17-12-24(13-18-37)38-19-14-32-15-20-38/h4-11,21,24,32,42H,1,12-20H2,2-3H3,(H,33,34,36). The van der Waals surface area contributed by atoms with Gasteiger partial charge in [0, 0.05) is 62.9 Å². The largest absolute Gasteiger partial charge is 0.384 e. The summed E-state index contributed by atoms with van der Waals surface area (Å²) < 4.78 is 3.18. The molecule has 4 aromatic rings. The molecule has 0 unspecified atom stereocenters. The van der Waals surface area contributed by atoms with E-state index in [9.17, 15) is 9.90 Å². The van der Waals surface area contributed by atoms with Crippen LogP contribution in [0.1, 0.15) is 32.4 Å². The van der Waals surface area contributed by atoms with Crippen molar-refractivity contribution in [2.45, 2.75) is 44.9 Å². The van der Waals surface area contributed by atoms with Gasteiger partial charge in [0.15, 0.2) is 11.5 Å². The maximum atomic E-state index is 13.3. The summed E-state index contributed by atoms with van der Waals surface area (Å²) in [6.45, 7) is 14.0. The van der Waals surface area contributed by atoms with Gasteiger partial charge in [0.1, 0.15) is 11.0 Å². The minimum Gasteiger partial charge on any atom is -0.384 e. The molecule has 1 aromatic carbocycles. The number of allylic oxidation sites excluding steroid dienone is 1. The molecule has 0 bridgehead atoms. The molecule has 0 amide bonds. The Bertz CT molecular complexity index is 1610.